The molecular weight excluding hydrogens is 224 g/mol. The molecule has 106 valence electrons. The van der Waals surface area contributed by atoms with Crippen LogP contribution in [0.15, 0.2) is 0 Å². The summed E-state index contributed by atoms with van der Waals surface area (Å²) >= 11 is 0. The molecule has 2 unspecified atom stereocenters. The molecular formula is C15H30N2O. The van der Waals surface area contributed by atoms with Gasteiger partial charge in [0, 0.05) is 6.04 Å². The molecule has 1 amide bonds. The van der Waals surface area contributed by atoms with E-state index in [2.05, 4.69) is 31.4 Å². The molecule has 0 aromatic heterocycles. The lowest BCUT2D eigenvalue weighted by molar-refractivity contribution is -0.128. The Morgan fingerprint density at radius 1 is 1.28 bits per heavy atom. The Morgan fingerprint density at radius 3 is 2.56 bits per heavy atom. The van der Waals surface area contributed by atoms with Gasteiger partial charge in [-0.05, 0) is 52.0 Å². The van der Waals surface area contributed by atoms with Gasteiger partial charge >= 0.3 is 0 Å². The van der Waals surface area contributed by atoms with Gasteiger partial charge in [0.1, 0.15) is 0 Å². The minimum atomic E-state index is -0.343. The van der Waals surface area contributed by atoms with Gasteiger partial charge in [-0.2, -0.15) is 0 Å². The second-order valence-corrected chi connectivity index (χ2v) is 6.42. The summed E-state index contributed by atoms with van der Waals surface area (Å²) in [6, 6.07) is 0.289. The van der Waals surface area contributed by atoms with Crippen LogP contribution in [-0.4, -0.2) is 24.0 Å². The van der Waals surface area contributed by atoms with E-state index in [0.717, 1.165) is 31.7 Å². The van der Waals surface area contributed by atoms with Gasteiger partial charge in [-0.1, -0.05) is 26.7 Å². The fourth-order valence-corrected chi connectivity index (χ4v) is 2.54. The lowest BCUT2D eigenvalue weighted by Gasteiger charge is -2.34. The van der Waals surface area contributed by atoms with Crippen LogP contribution in [-0.2, 0) is 4.79 Å². The van der Waals surface area contributed by atoms with Crippen molar-refractivity contribution in [2.75, 3.05) is 6.54 Å². The highest BCUT2D eigenvalue weighted by molar-refractivity contribution is 5.86. The van der Waals surface area contributed by atoms with Crippen molar-refractivity contribution in [1.29, 1.82) is 0 Å². The number of nitrogens with one attached hydrogen (secondary N) is 2. The van der Waals surface area contributed by atoms with Crippen molar-refractivity contribution in [2.24, 2.45) is 5.92 Å². The highest BCUT2D eigenvalue weighted by Gasteiger charge is 2.34. The molecule has 1 aliphatic rings. The van der Waals surface area contributed by atoms with Crippen LogP contribution in [0.4, 0.5) is 0 Å². The van der Waals surface area contributed by atoms with Crippen molar-refractivity contribution in [3.05, 3.63) is 0 Å². The maximum Gasteiger partial charge on any atom is 0.240 e. The van der Waals surface area contributed by atoms with Gasteiger partial charge in [0.05, 0.1) is 5.54 Å². The summed E-state index contributed by atoms with van der Waals surface area (Å²) in [5, 5.41) is 6.53. The van der Waals surface area contributed by atoms with E-state index in [1.54, 1.807) is 0 Å². The number of rotatable bonds is 6. The quantitative estimate of drug-likeness (QED) is 0.765. The molecule has 0 aromatic rings. The van der Waals surface area contributed by atoms with Gasteiger partial charge in [-0.15, -0.1) is 0 Å². The Hall–Kier alpha value is -0.570. The molecule has 0 bridgehead atoms. The number of piperidine rings is 1. The van der Waals surface area contributed by atoms with Crippen LogP contribution in [0.2, 0.25) is 0 Å². The first kappa shape index (κ1) is 15.5. The monoisotopic (exact) mass is 254 g/mol. The predicted octanol–water partition coefficient (Wildman–Crippen LogP) is 2.85. The highest BCUT2D eigenvalue weighted by atomic mass is 16.2. The second-order valence-electron chi connectivity index (χ2n) is 6.42. The third-order valence-corrected chi connectivity index (χ3v) is 3.92. The summed E-state index contributed by atoms with van der Waals surface area (Å²) in [6.07, 6.45) is 6.82. The summed E-state index contributed by atoms with van der Waals surface area (Å²) in [5.41, 5.74) is -0.343. The molecule has 2 N–H and O–H groups in total. The van der Waals surface area contributed by atoms with E-state index in [4.69, 9.17) is 0 Å². The number of amides is 1. The smallest absolute Gasteiger partial charge is 0.240 e. The van der Waals surface area contributed by atoms with Gasteiger partial charge in [0.2, 0.25) is 5.91 Å². The lowest BCUT2D eigenvalue weighted by atomic mass is 9.89. The zero-order valence-electron chi connectivity index (χ0n) is 12.5. The fraction of sp³-hybridized carbons (Fsp3) is 0.933. The molecule has 0 aliphatic carbocycles. The maximum atomic E-state index is 12.3. The van der Waals surface area contributed by atoms with Gasteiger partial charge < -0.3 is 10.6 Å². The van der Waals surface area contributed by atoms with Crippen molar-refractivity contribution in [3.8, 4) is 0 Å². The van der Waals surface area contributed by atoms with Crippen LogP contribution in [0.25, 0.3) is 0 Å². The number of carbonyl (C=O) groups excluding carboxylic acids is 1. The first-order chi connectivity index (χ1) is 8.44. The Morgan fingerprint density at radius 2 is 2.00 bits per heavy atom. The molecule has 0 aromatic carbocycles. The van der Waals surface area contributed by atoms with Crippen LogP contribution in [0, 0.1) is 5.92 Å². The van der Waals surface area contributed by atoms with E-state index in [0.29, 0.717) is 0 Å². The molecule has 18 heavy (non-hydrogen) atoms. The Bertz CT molecular complexity index is 257. The molecule has 0 spiro atoms. The second kappa shape index (κ2) is 7.13. The molecule has 1 saturated heterocycles. The summed E-state index contributed by atoms with van der Waals surface area (Å²) in [4.78, 5) is 12.3. The number of hydrogen-bond donors (Lipinski definition) is 2. The molecule has 1 fully saturated rings. The molecule has 2 atom stereocenters. The summed E-state index contributed by atoms with van der Waals surface area (Å²) in [5.74, 6) is 0.935. The topological polar surface area (TPSA) is 41.1 Å². The average molecular weight is 254 g/mol. The summed E-state index contributed by atoms with van der Waals surface area (Å²) in [6.45, 7) is 9.60. The van der Waals surface area contributed by atoms with Crippen molar-refractivity contribution >= 4 is 5.91 Å². The molecule has 3 nitrogen and oxygen atoms in total. The molecule has 1 heterocycles. The molecule has 0 saturated carbocycles. The van der Waals surface area contributed by atoms with Crippen LogP contribution >= 0.6 is 0 Å². The Kier molecular flexibility index (Phi) is 6.13. The van der Waals surface area contributed by atoms with E-state index < -0.39 is 0 Å². The minimum Gasteiger partial charge on any atom is -0.352 e. The van der Waals surface area contributed by atoms with Crippen molar-refractivity contribution < 1.29 is 4.79 Å². The fourth-order valence-electron chi connectivity index (χ4n) is 2.54. The van der Waals surface area contributed by atoms with Crippen LogP contribution in [0.3, 0.4) is 0 Å². The number of carbonyl (C=O) groups is 1. The largest absolute Gasteiger partial charge is 0.352 e. The van der Waals surface area contributed by atoms with E-state index in [1.807, 2.05) is 6.92 Å². The van der Waals surface area contributed by atoms with Crippen molar-refractivity contribution in [2.45, 2.75) is 77.8 Å². The zero-order chi connectivity index (χ0) is 13.6. The third kappa shape index (κ3) is 4.97. The van der Waals surface area contributed by atoms with Gasteiger partial charge in [0.15, 0.2) is 0 Å². The molecule has 0 radical (unpaired) electrons. The van der Waals surface area contributed by atoms with Crippen LogP contribution in [0.5, 0.6) is 0 Å². The summed E-state index contributed by atoms with van der Waals surface area (Å²) in [7, 11) is 0. The van der Waals surface area contributed by atoms with E-state index in [-0.39, 0.29) is 17.5 Å². The average Bonchev–Trinajstić information content (AvgIpc) is 2.29. The lowest BCUT2D eigenvalue weighted by Crippen LogP contribution is -2.58. The maximum absolute atomic E-state index is 12.3. The van der Waals surface area contributed by atoms with E-state index >= 15 is 0 Å². The third-order valence-electron chi connectivity index (χ3n) is 3.92. The molecule has 1 rings (SSSR count). The Labute approximate surface area is 112 Å². The minimum absolute atomic E-state index is 0.180. The molecule has 1 aliphatic heterocycles. The van der Waals surface area contributed by atoms with E-state index in [1.165, 1.54) is 19.3 Å². The van der Waals surface area contributed by atoms with Crippen LogP contribution in [0.1, 0.15) is 66.2 Å². The SMILES string of the molecule is CC(C)CCCC(C)NC(=O)C1(C)CCCCN1. The van der Waals surface area contributed by atoms with Crippen molar-refractivity contribution in [3.63, 3.8) is 0 Å². The first-order valence-electron chi connectivity index (χ1n) is 7.50. The van der Waals surface area contributed by atoms with Gasteiger partial charge in [-0.3, -0.25) is 4.79 Å². The predicted molar refractivity (Wildman–Crippen MR) is 76.6 cm³/mol. The van der Waals surface area contributed by atoms with Crippen LogP contribution < -0.4 is 10.6 Å². The van der Waals surface area contributed by atoms with Gasteiger partial charge in [0.25, 0.3) is 0 Å². The molecule has 3 heteroatoms. The van der Waals surface area contributed by atoms with E-state index in [9.17, 15) is 4.79 Å². The zero-order valence-corrected chi connectivity index (χ0v) is 12.5. The first-order valence-corrected chi connectivity index (χ1v) is 7.50. The standard InChI is InChI=1S/C15H30N2O/c1-12(2)8-7-9-13(3)17-14(18)15(4)10-5-6-11-16-15/h12-13,16H,5-11H2,1-4H3,(H,17,18). The van der Waals surface area contributed by atoms with Crippen molar-refractivity contribution in [1.82, 2.24) is 10.6 Å². The normalized spacial score (nSPS) is 26.1. The highest BCUT2D eigenvalue weighted by Crippen LogP contribution is 2.19. The summed E-state index contributed by atoms with van der Waals surface area (Å²) < 4.78 is 0. The number of hydrogen-bond acceptors (Lipinski definition) is 2. The van der Waals surface area contributed by atoms with Gasteiger partial charge in [-0.25, -0.2) is 0 Å². The Balaban J connectivity index is 2.29.